The van der Waals surface area contributed by atoms with Gasteiger partial charge in [-0.05, 0) is 6.92 Å². The van der Waals surface area contributed by atoms with Crippen LogP contribution in [0.25, 0.3) is 0 Å². The molecule has 1 aromatic heterocycles. The Bertz CT molecular complexity index is 462. The normalized spacial score (nSPS) is 10.5. The Balaban J connectivity index is 3.54. The molecular formula is C8H6F2N2O4. The van der Waals surface area contributed by atoms with Crippen LogP contribution in [0.2, 0.25) is 0 Å². The van der Waals surface area contributed by atoms with E-state index < -0.39 is 39.8 Å². The average molecular weight is 232 g/mol. The van der Waals surface area contributed by atoms with Crippen molar-refractivity contribution in [2.75, 3.05) is 0 Å². The minimum Gasteiger partial charge on any atom is -0.477 e. The molecule has 1 N–H and O–H groups in total. The molecule has 8 heteroatoms. The summed E-state index contributed by atoms with van der Waals surface area (Å²) in [6.07, 6.45) is -2.42. The molecule has 86 valence electrons. The SMILES string of the molecule is Cc1c(C(F)F)ncc(C(=O)O)c1[N+](=O)[O-]. The van der Waals surface area contributed by atoms with Gasteiger partial charge in [0.1, 0.15) is 5.69 Å². The van der Waals surface area contributed by atoms with Crippen LogP contribution in [-0.4, -0.2) is 21.0 Å². The molecule has 16 heavy (non-hydrogen) atoms. The molecule has 0 aliphatic heterocycles. The van der Waals surface area contributed by atoms with Crippen molar-refractivity contribution in [2.24, 2.45) is 0 Å². The van der Waals surface area contributed by atoms with Gasteiger partial charge in [0, 0.05) is 6.20 Å². The Morgan fingerprint density at radius 2 is 2.19 bits per heavy atom. The number of rotatable bonds is 3. The second-order valence-corrected chi connectivity index (χ2v) is 2.89. The number of alkyl halides is 2. The van der Waals surface area contributed by atoms with Crippen molar-refractivity contribution in [2.45, 2.75) is 13.3 Å². The van der Waals surface area contributed by atoms with Gasteiger partial charge in [-0.3, -0.25) is 15.1 Å². The van der Waals surface area contributed by atoms with E-state index in [1.165, 1.54) is 0 Å². The molecule has 0 atom stereocenters. The standard InChI is InChI=1S/C8H6F2N2O4/c1-3-5(7(9)10)11-2-4(8(13)14)6(3)12(15)16/h2,7H,1H3,(H,13,14). The molecule has 0 bridgehead atoms. The molecule has 0 amide bonds. The van der Waals surface area contributed by atoms with Crippen LogP contribution in [0, 0.1) is 17.0 Å². The zero-order valence-corrected chi connectivity index (χ0v) is 7.98. The smallest absolute Gasteiger partial charge is 0.344 e. The highest BCUT2D eigenvalue weighted by atomic mass is 19.3. The summed E-state index contributed by atoms with van der Waals surface area (Å²) in [5, 5.41) is 19.2. The second-order valence-electron chi connectivity index (χ2n) is 2.89. The maximum absolute atomic E-state index is 12.4. The first-order chi connectivity index (χ1) is 7.36. The molecule has 6 nitrogen and oxygen atoms in total. The maximum Gasteiger partial charge on any atom is 0.344 e. The van der Waals surface area contributed by atoms with E-state index in [9.17, 15) is 23.7 Å². The molecule has 0 aromatic carbocycles. The molecule has 0 saturated heterocycles. The second kappa shape index (κ2) is 4.17. The Morgan fingerprint density at radius 1 is 1.62 bits per heavy atom. The third-order valence-electron chi connectivity index (χ3n) is 1.95. The van der Waals surface area contributed by atoms with E-state index in [0.29, 0.717) is 6.20 Å². The van der Waals surface area contributed by atoms with Gasteiger partial charge >= 0.3 is 5.97 Å². The zero-order valence-electron chi connectivity index (χ0n) is 7.98. The molecule has 0 radical (unpaired) electrons. The van der Waals surface area contributed by atoms with Crippen LogP contribution < -0.4 is 0 Å². The minimum absolute atomic E-state index is 0.431. The quantitative estimate of drug-likeness (QED) is 0.634. The predicted molar refractivity (Wildman–Crippen MR) is 47.5 cm³/mol. The summed E-state index contributed by atoms with van der Waals surface area (Å²) in [5.74, 6) is -1.58. The summed E-state index contributed by atoms with van der Waals surface area (Å²) in [6, 6.07) is 0. The van der Waals surface area contributed by atoms with Crippen LogP contribution in [0.15, 0.2) is 6.20 Å². The lowest BCUT2D eigenvalue weighted by molar-refractivity contribution is -0.385. The van der Waals surface area contributed by atoms with E-state index in [1.54, 1.807) is 0 Å². The van der Waals surface area contributed by atoms with Crippen LogP contribution in [0.5, 0.6) is 0 Å². The number of halogens is 2. The van der Waals surface area contributed by atoms with Crippen LogP contribution in [0.3, 0.4) is 0 Å². The lowest BCUT2D eigenvalue weighted by atomic mass is 10.1. The minimum atomic E-state index is -2.98. The van der Waals surface area contributed by atoms with Crippen molar-refractivity contribution in [1.29, 1.82) is 0 Å². The summed E-state index contributed by atoms with van der Waals surface area (Å²) in [7, 11) is 0. The van der Waals surface area contributed by atoms with Crippen LogP contribution in [-0.2, 0) is 0 Å². The van der Waals surface area contributed by atoms with Gasteiger partial charge in [-0.1, -0.05) is 0 Å². The predicted octanol–water partition coefficient (Wildman–Crippen LogP) is 1.93. The average Bonchev–Trinajstić information content (AvgIpc) is 2.15. The molecule has 0 saturated carbocycles. The van der Waals surface area contributed by atoms with Crippen molar-refractivity contribution in [3.63, 3.8) is 0 Å². The number of pyridine rings is 1. The molecule has 1 heterocycles. The fourth-order valence-electron chi connectivity index (χ4n) is 1.23. The van der Waals surface area contributed by atoms with Crippen LogP contribution >= 0.6 is 0 Å². The Hall–Kier alpha value is -2.12. The first-order valence-corrected chi connectivity index (χ1v) is 4.01. The number of carbonyl (C=O) groups is 1. The Kier molecular flexibility index (Phi) is 3.11. The van der Waals surface area contributed by atoms with Gasteiger partial charge in [0.15, 0.2) is 5.56 Å². The largest absolute Gasteiger partial charge is 0.477 e. The highest BCUT2D eigenvalue weighted by molar-refractivity contribution is 5.92. The van der Waals surface area contributed by atoms with Crippen molar-refractivity contribution in [3.8, 4) is 0 Å². The van der Waals surface area contributed by atoms with E-state index in [1.807, 2.05) is 0 Å². The number of aromatic nitrogens is 1. The van der Waals surface area contributed by atoms with Gasteiger partial charge in [-0.2, -0.15) is 0 Å². The number of nitro groups is 1. The van der Waals surface area contributed by atoms with Gasteiger partial charge in [0.25, 0.3) is 12.1 Å². The number of hydrogen-bond donors (Lipinski definition) is 1. The fourth-order valence-corrected chi connectivity index (χ4v) is 1.23. The van der Waals surface area contributed by atoms with E-state index >= 15 is 0 Å². The van der Waals surface area contributed by atoms with Gasteiger partial charge in [-0.25, -0.2) is 13.6 Å². The number of aromatic carboxylic acids is 1. The van der Waals surface area contributed by atoms with Crippen molar-refractivity contribution < 1.29 is 23.6 Å². The van der Waals surface area contributed by atoms with Crippen molar-refractivity contribution in [3.05, 3.63) is 33.1 Å². The lowest BCUT2D eigenvalue weighted by Gasteiger charge is -2.06. The number of nitrogens with zero attached hydrogens (tertiary/aromatic N) is 2. The summed E-state index contributed by atoms with van der Waals surface area (Å²) in [4.78, 5) is 23.4. The molecule has 0 spiro atoms. The summed E-state index contributed by atoms with van der Waals surface area (Å²) in [6.45, 7) is 1.04. The van der Waals surface area contributed by atoms with E-state index in [-0.39, 0.29) is 0 Å². The first-order valence-electron chi connectivity index (χ1n) is 4.01. The number of carboxylic acid groups (broad SMARTS) is 1. The molecular weight excluding hydrogens is 226 g/mol. The van der Waals surface area contributed by atoms with Gasteiger partial charge in [0.2, 0.25) is 0 Å². The fraction of sp³-hybridized carbons (Fsp3) is 0.250. The molecule has 0 fully saturated rings. The highest BCUT2D eigenvalue weighted by Crippen LogP contribution is 2.29. The zero-order chi connectivity index (χ0) is 12.5. The summed E-state index contributed by atoms with van der Waals surface area (Å²) in [5.41, 5.74) is -2.76. The van der Waals surface area contributed by atoms with Crippen molar-refractivity contribution >= 4 is 11.7 Å². The molecule has 1 rings (SSSR count). The van der Waals surface area contributed by atoms with E-state index in [0.717, 1.165) is 6.92 Å². The topological polar surface area (TPSA) is 93.3 Å². The Morgan fingerprint density at radius 3 is 2.56 bits per heavy atom. The maximum atomic E-state index is 12.4. The van der Waals surface area contributed by atoms with E-state index in [2.05, 4.69) is 4.98 Å². The molecule has 1 aromatic rings. The third kappa shape index (κ3) is 1.95. The third-order valence-corrected chi connectivity index (χ3v) is 1.95. The molecule has 0 aliphatic carbocycles. The Labute approximate surface area is 87.7 Å². The monoisotopic (exact) mass is 232 g/mol. The first kappa shape index (κ1) is 12.0. The van der Waals surface area contributed by atoms with Crippen LogP contribution in [0.4, 0.5) is 14.5 Å². The highest BCUT2D eigenvalue weighted by Gasteiger charge is 2.28. The molecule has 0 aliphatic rings. The number of carboxylic acids is 1. The summed E-state index contributed by atoms with van der Waals surface area (Å²) >= 11 is 0. The van der Waals surface area contributed by atoms with Gasteiger partial charge in [0.05, 0.1) is 10.5 Å². The lowest BCUT2D eigenvalue weighted by Crippen LogP contribution is -2.08. The van der Waals surface area contributed by atoms with Crippen molar-refractivity contribution in [1.82, 2.24) is 4.98 Å². The van der Waals surface area contributed by atoms with Gasteiger partial charge in [-0.15, -0.1) is 0 Å². The number of hydrogen-bond acceptors (Lipinski definition) is 4. The van der Waals surface area contributed by atoms with Gasteiger partial charge < -0.3 is 5.11 Å². The molecule has 0 unspecified atom stereocenters. The van der Waals surface area contributed by atoms with Crippen LogP contribution in [0.1, 0.15) is 28.0 Å². The van der Waals surface area contributed by atoms with E-state index in [4.69, 9.17) is 5.11 Å². The summed E-state index contributed by atoms with van der Waals surface area (Å²) < 4.78 is 24.7.